The number of benzene rings is 1. The predicted octanol–water partition coefficient (Wildman–Crippen LogP) is 1.86. The van der Waals surface area contributed by atoms with Crippen LogP contribution in [0, 0.1) is 5.92 Å². The number of nitrogens with zero attached hydrogens (tertiary/aromatic N) is 1. The molecule has 2 unspecified atom stereocenters. The molecular formula is C14H23ClN2O3S. The molecule has 1 aliphatic heterocycles. The molecule has 1 fully saturated rings. The summed E-state index contributed by atoms with van der Waals surface area (Å²) in [5.41, 5.74) is 5.66. The largest absolute Gasteiger partial charge is 0.494 e. The number of nitrogens with two attached hydrogens (primary N) is 1. The molecule has 0 amide bonds. The molecule has 0 bridgehead atoms. The summed E-state index contributed by atoms with van der Waals surface area (Å²) in [6.07, 6.45) is 0.826. The van der Waals surface area contributed by atoms with Crippen molar-refractivity contribution in [2.45, 2.75) is 31.2 Å². The van der Waals surface area contributed by atoms with Crippen molar-refractivity contribution < 1.29 is 13.2 Å². The van der Waals surface area contributed by atoms with Crippen LogP contribution in [0.3, 0.4) is 0 Å². The molecule has 0 radical (unpaired) electrons. The number of hydrogen-bond donors (Lipinski definition) is 1. The van der Waals surface area contributed by atoms with Crippen molar-refractivity contribution in [1.82, 2.24) is 4.31 Å². The zero-order valence-corrected chi connectivity index (χ0v) is 14.0. The molecule has 1 aromatic carbocycles. The number of ether oxygens (including phenoxy) is 1. The SMILES string of the molecule is CCOc1ccc(S(=O)(=O)N2CC(CN)CC2C)cc1.Cl. The summed E-state index contributed by atoms with van der Waals surface area (Å²) in [4.78, 5) is 0.311. The summed E-state index contributed by atoms with van der Waals surface area (Å²) >= 11 is 0. The van der Waals surface area contributed by atoms with Crippen LogP contribution in [0.4, 0.5) is 0 Å². The van der Waals surface area contributed by atoms with Crippen molar-refractivity contribution in [3.63, 3.8) is 0 Å². The van der Waals surface area contributed by atoms with Gasteiger partial charge < -0.3 is 10.5 Å². The van der Waals surface area contributed by atoms with E-state index in [0.717, 1.165) is 6.42 Å². The quantitative estimate of drug-likeness (QED) is 0.892. The molecule has 1 aromatic rings. The Morgan fingerprint density at radius 3 is 2.43 bits per heavy atom. The predicted molar refractivity (Wildman–Crippen MR) is 85.4 cm³/mol. The lowest BCUT2D eigenvalue weighted by Crippen LogP contribution is -2.34. The second-order valence-corrected chi connectivity index (χ2v) is 7.06. The van der Waals surface area contributed by atoms with Gasteiger partial charge in [-0.3, -0.25) is 0 Å². The van der Waals surface area contributed by atoms with Crippen LogP contribution in [-0.2, 0) is 10.0 Å². The van der Waals surface area contributed by atoms with Gasteiger partial charge in [0, 0.05) is 12.6 Å². The van der Waals surface area contributed by atoms with Crippen molar-refractivity contribution in [1.29, 1.82) is 0 Å². The average Bonchev–Trinajstić information content (AvgIpc) is 2.82. The second-order valence-electron chi connectivity index (χ2n) is 5.17. The first kappa shape index (κ1) is 18.2. The molecule has 21 heavy (non-hydrogen) atoms. The molecule has 2 N–H and O–H groups in total. The van der Waals surface area contributed by atoms with E-state index in [1.165, 1.54) is 0 Å². The van der Waals surface area contributed by atoms with E-state index in [2.05, 4.69) is 0 Å². The van der Waals surface area contributed by atoms with Crippen molar-refractivity contribution in [3.8, 4) is 5.75 Å². The summed E-state index contributed by atoms with van der Waals surface area (Å²) < 4.78 is 32.1. The van der Waals surface area contributed by atoms with E-state index in [-0.39, 0.29) is 24.4 Å². The van der Waals surface area contributed by atoms with Gasteiger partial charge in [-0.1, -0.05) is 0 Å². The van der Waals surface area contributed by atoms with Gasteiger partial charge in [0.15, 0.2) is 0 Å². The third-order valence-corrected chi connectivity index (χ3v) is 5.67. The number of hydrogen-bond acceptors (Lipinski definition) is 4. The van der Waals surface area contributed by atoms with E-state index in [0.29, 0.717) is 30.3 Å². The summed E-state index contributed by atoms with van der Waals surface area (Å²) in [5.74, 6) is 0.934. The van der Waals surface area contributed by atoms with Gasteiger partial charge in [0.1, 0.15) is 5.75 Å². The monoisotopic (exact) mass is 334 g/mol. The first-order chi connectivity index (χ1) is 9.48. The van der Waals surface area contributed by atoms with Crippen LogP contribution in [0.2, 0.25) is 0 Å². The number of rotatable bonds is 5. The van der Waals surface area contributed by atoms with Crippen molar-refractivity contribution in [2.24, 2.45) is 11.7 Å². The van der Waals surface area contributed by atoms with Crippen molar-refractivity contribution >= 4 is 22.4 Å². The Bertz CT molecular complexity index is 548. The molecule has 0 saturated carbocycles. The lowest BCUT2D eigenvalue weighted by atomic mass is 10.1. The molecule has 5 nitrogen and oxygen atoms in total. The van der Waals surface area contributed by atoms with E-state index in [9.17, 15) is 8.42 Å². The normalized spacial score (nSPS) is 22.8. The molecule has 1 aliphatic rings. The Kier molecular flexibility index (Phi) is 6.46. The Labute approximate surface area is 132 Å². The van der Waals surface area contributed by atoms with Gasteiger partial charge in [0.2, 0.25) is 10.0 Å². The highest BCUT2D eigenvalue weighted by Crippen LogP contribution is 2.29. The molecule has 0 spiro atoms. The molecule has 0 aromatic heterocycles. The molecule has 7 heteroatoms. The molecule has 0 aliphatic carbocycles. The Balaban J connectivity index is 0.00000220. The minimum Gasteiger partial charge on any atom is -0.494 e. The highest BCUT2D eigenvalue weighted by molar-refractivity contribution is 7.89. The van der Waals surface area contributed by atoms with E-state index in [1.54, 1.807) is 28.6 Å². The standard InChI is InChI=1S/C14H22N2O3S.ClH/c1-3-19-13-4-6-14(7-5-13)20(17,18)16-10-12(9-15)8-11(16)2;/h4-7,11-12H,3,8-10,15H2,1-2H3;1H. The van der Waals surface area contributed by atoms with E-state index < -0.39 is 10.0 Å². The van der Waals surface area contributed by atoms with Crippen LogP contribution in [0.1, 0.15) is 20.3 Å². The molecule has 2 rings (SSSR count). The summed E-state index contributed by atoms with van der Waals surface area (Å²) in [7, 11) is -3.44. The minimum absolute atomic E-state index is 0. The Morgan fingerprint density at radius 2 is 1.95 bits per heavy atom. The van der Waals surface area contributed by atoms with Gasteiger partial charge in [-0.15, -0.1) is 12.4 Å². The second kappa shape index (κ2) is 7.45. The average molecular weight is 335 g/mol. The highest BCUT2D eigenvalue weighted by atomic mass is 35.5. The third kappa shape index (κ3) is 3.88. The summed E-state index contributed by atoms with van der Waals surface area (Å²) in [6.45, 7) is 5.42. The maximum atomic E-state index is 12.6. The fraction of sp³-hybridized carbons (Fsp3) is 0.571. The van der Waals surface area contributed by atoms with Gasteiger partial charge in [-0.2, -0.15) is 4.31 Å². The number of halogens is 1. The Morgan fingerprint density at radius 1 is 1.33 bits per heavy atom. The molecule has 120 valence electrons. The molecule has 2 atom stereocenters. The first-order valence-corrected chi connectivity index (χ1v) is 8.37. The van der Waals surface area contributed by atoms with Crippen LogP contribution >= 0.6 is 12.4 Å². The van der Waals surface area contributed by atoms with Crippen LogP contribution < -0.4 is 10.5 Å². The molecule has 1 heterocycles. The third-order valence-electron chi connectivity index (χ3n) is 3.68. The number of sulfonamides is 1. The van der Waals surface area contributed by atoms with E-state index >= 15 is 0 Å². The summed E-state index contributed by atoms with van der Waals surface area (Å²) in [6, 6.07) is 6.58. The molecule has 1 saturated heterocycles. The smallest absolute Gasteiger partial charge is 0.243 e. The maximum absolute atomic E-state index is 12.6. The van der Waals surface area contributed by atoms with Crippen LogP contribution in [-0.4, -0.2) is 38.5 Å². The van der Waals surface area contributed by atoms with E-state index in [4.69, 9.17) is 10.5 Å². The van der Waals surface area contributed by atoms with Gasteiger partial charge in [-0.05, 0) is 57.0 Å². The van der Waals surface area contributed by atoms with Crippen LogP contribution in [0.25, 0.3) is 0 Å². The van der Waals surface area contributed by atoms with Gasteiger partial charge in [0.25, 0.3) is 0 Å². The van der Waals surface area contributed by atoms with E-state index in [1.807, 2.05) is 13.8 Å². The first-order valence-electron chi connectivity index (χ1n) is 6.93. The topological polar surface area (TPSA) is 72.6 Å². The molecular weight excluding hydrogens is 312 g/mol. The van der Waals surface area contributed by atoms with Gasteiger partial charge in [-0.25, -0.2) is 8.42 Å². The highest BCUT2D eigenvalue weighted by Gasteiger charge is 2.37. The minimum atomic E-state index is -3.44. The zero-order valence-electron chi connectivity index (χ0n) is 12.4. The van der Waals surface area contributed by atoms with Gasteiger partial charge in [0.05, 0.1) is 11.5 Å². The zero-order chi connectivity index (χ0) is 14.8. The fourth-order valence-electron chi connectivity index (χ4n) is 2.62. The van der Waals surface area contributed by atoms with Crippen LogP contribution in [0.5, 0.6) is 5.75 Å². The fourth-order valence-corrected chi connectivity index (χ4v) is 4.34. The maximum Gasteiger partial charge on any atom is 0.243 e. The lowest BCUT2D eigenvalue weighted by Gasteiger charge is -2.21. The van der Waals surface area contributed by atoms with Crippen molar-refractivity contribution in [2.75, 3.05) is 19.7 Å². The van der Waals surface area contributed by atoms with Gasteiger partial charge >= 0.3 is 0 Å². The Hall–Kier alpha value is -0.820. The lowest BCUT2D eigenvalue weighted by molar-refractivity contribution is 0.340. The summed E-state index contributed by atoms with van der Waals surface area (Å²) in [5, 5.41) is 0. The van der Waals surface area contributed by atoms with Crippen LogP contribution in [0.15, 0.2) is 29.2 Å². The van der Waals surface area contributed by atoms with Crippen molar-refractivity contribution in [3.05, 3.63) is 24.3 Å².